The molecule has 0 saturated carbocycles. The minimum absolute atomic E-state index is 0.121. The molecular formula is C12H21N3O. The van der Waals surface area contributed by atoms with Gasteiger partial charge in [0.1, 0.15) is 0 Å². The van der Waals surface area contributed by atoms with Crippen LogP contribution < -0.4 is 10.5 Å². The van der Waals surface area contributed by atoms with Gasteiger partial charge in [-0.05, 0) is 12.8 Å². The van der Waals surface area contributed by atoms with E-state index in [2.05, 4.69) is 30.7 Å². The zero-order valence-corrected chi connectivity index (χ0v) is 10.3. The van der Waals surface area contributed by atoms with E-state index in [0.717, 1.165) is 18.5 Å². The molecule has 1 rings (SSSR count). The number of hydrogen-bond donors (Lipinski definition) is 1. The summed E-state index contributed by atoms with van der Waals surface area (Å²) < 4.78 is 5.44. The highest BCUT2D eigenvalue weighted by molar-refractivity contribution is 5.13. The molecule has 0 fully saturated rings. The number of hydrogen-bond acceptors (Lipinski definition) is 4. The number of nitrogens with two attached hydrogens (primary N) is 1. The van der Waals surface area contributed by atoms with Crippen LogP contribution in [0.25, 0.3) is 0 Å². The molecule has 2 unspecified atom stereocenters. The smallest absolute Gasteiger partial charge is 0.232 e. The Morgan fingerprint density at radius 1 is 1.38 bits per heavy atom. The van der Waals surface area contributed by atoms with Crippen LogP contribution in [0.15, 0.2) is 12.4 Å². The van der Waals surface area contributed by atoms with Gasteiger partial charge in [0.05, 0.1) is 18.5 Å². The lowest BCUT2D eigenvalue weighted by atomic mass is 9.97. The predicted octanol–water partition coefficient (Wildman–Crippen LogP) is 2.11. The summed E-state index contributed by atoms with van der Waals surface area (Å²) in [6.07, 6.45) is 5.31. The standard InChI is InChI=1S/C12H21N3O/c1-4-6-16-12-8-14-7-11(15-12)9(3)10(13)5-2/h7-10H,4-6,13H2,1-3H3. The highest BCUT2D eigenvalue weighted by atomic mass is 16.5. The molecule has 0 aliphatic carbocycles. The minimum atomic E-state index is 0.121. The average molecular weight is 223 g/mol. The molecule has 4 nitrogen and oxygen atoms in total. The zero-order valence-electron chi connectivity index (χ0n) is 10.3. The maximum absolute atomic E-state index is 5.99. The Bertz CT molecular complexity index is 317. The van der Waals surface area contributed by atoms with E-state index in [1.54, 1.807) is 12.4 Å². The lowest BCUT2D eigenvalue weighted by Gasteiger charge is -2.17. The summed E-state index contributed by atoms with van der Waals surface area (Å²) in [6, 6.07) is 0.121. The second kappa shape index (κ2) is 6.43. The SMILES string of the molecule is CCCOc1cncc(C(C)C(N)CC)n1. The van der Waals surface area contributed by atoms with Crippen molar-refractivity contribution in [3.05, 3.63) is 18.1 Å². The second-order valence-electron chi connectivity index (χ2n) is 3.99. The molecule has 0 aliphatic rings. The third kappa shape index (κ3) is 3.45. The van der Waals surface area contributed by atoms with Gasteiger partial charge >= 0.3 is 0 Å². The summed E-state index contributed by atoms with van der Waals surface area (Å²) in [5.74, 6) is 0.803. The third-order valence-corrected chi connectivity index (χ3v) is 2.67. The molecule has 0 aliphatic heterocycles. The number of aromatic nitrogens is 2. The van der Waals surface area contributed by atoms with Crippen molar-refractivity contribution in [1.82, 2.24) is 9.97 Å². The number of nitrogens with zero attached hydrogens (tertiary/aromatic N) is 2. The van der Waals surface area contributed by atoms with Crippen molar-refractivity contribution in [2.45, 2.75) is 45.6 Å². The fourth-order valence-electron chi connectivity index (χ4n) is 1.43. The Kier molecular flexibility index (Phi) is 5.19. The fourth-order valence-corrected chi connectivity index (χ4v) is 1.43. The molecule has 90 valence electrons. The molecule has 0 radical (unpaired) electrons. The van der Waals surface area contributed by atoms with E-state index in [1.165, 1.54) is 0 Å². The van der Waals surface area contributed by atoms with E-state index in [-0.39, 0.29) is 12.0 Å². The summed E-state index contributed by atoms with van der Waals surface area (Å²) in [5.41, 5.74) is 6.90. The van der Waals surface area contributed by atoms with E-state index in [0.29, 0.717) is 12.5 Å². The Morgan fingerprint density at radius 2 is 2.12 bits per heavy atom. The maximum atomic E-state index is 5.99. The molecule has 1 aromatic heterocycles. The monoisotopic (exact) mass is 223 g/mol. The Labute approximate surface area is 97.2 Å². The first kappa shape index (κ1) is 12.9. The van der Waals surface area contributed by atoms with Gasteiger partial charge < -0.3 is 10.5 Å². The van der Waals surface area contributed by atoms with Crippen LogP contribution in [-0.4, -0.2) is 22.6 Å². The Balaban J connectivity index is 2.73. The molecule has 0 spiro atoms. The highest BCUT2D eigenvalue weighted by Gasteiger charge is 2.15. The fraction of sp³-hybridized carbons (Fsp3) is 0.667. The molecule has 0 aromatic carbocycles. The van der Waals surface area contributed by atoms with Gasteiger partial charge in [0.25, 0.3) is 0 Å². The van der Waals surface area contributed by atoms with Crippen LogP contribution in [0.4, 0.5) is 0 Å². The van der Waals surface area contributed by atoms with E-state index in [1.807, 2.05) is 0 Å². The van der Waals surface area contributed by atoms with Gasteiger partial charge in [-0.15, -0.1) is 0 Å². The van der Waals surface area contributed by atoms with Crippen LogP contribution in [0.3, 0.4) is 0 Å². The van der Waals surface area contributed by atoms with E-state index in [4.69, 9.17) is 10.5 Å². The van der Waals surface area contributed by atoms with E-state index < -0.39 is 0 Å². The Morgan fingerprint density at radius 3 is 2.75 bits per heavy atom. The average Bonchev–Trinajstić information content (AvgIpc) is 2.34. The van der Waals surface area contributed by atoms with Crippen molar-refractivity contribution < 1.29 is 4.74 Å². The van der Waals surface area contributed by atoms with Gasteiger partial charge in [-0.3, -0.25) is 4.98 Å². The minimum Gasteiger partial charge on any atom is -0.477 e. The molecule has 0 bridgehead atoms. The Hall–Kier alpha value is -1.16. The predicted molar refractivity (Wildman–Crippen MR) is 64.5 cm³/mol. The van der Waals surface area contributed by atoms with E-state index >= 15 is 0 Å². The van der Waals surface area contributed by atoms with Crippen molar-refractivity contribution in [3.8, 4) is 5.88 Å². The van der Waals surface area contributed by atoms with Gasteiger partial charge in [0.15, 0.2) is 0 Å². The van der Waals surface area contributed by atoms with Crippen molar-refractivity contribution in [3.63, 3.8) is 0 Å². The van der Waals surface area contributed by atoms with Gasteiger partial charge in [0, 0.05) is 18.2 Å². The van der Waals surface area contributed by atoms with Gasteiger partial charge in [-0.2, -0.15) is 0 Å². The first-order valence-electron chi connectivity index (χ1n) is 5.89. The quantitative estimate of drug-likeness (QED) is 0.802. The topological polar surface area (TPSA) is 61.0 Å². The van der Waals surface area contributed by atoms with E-state index in [9.17, 15) is 0 Å². The van der Waals surface area contributed by atoms with Crippen LogP contribution in [0.5, 0.6) is 5.88 Å². The summed E-state index contributed by atoms with van der Waals surface area (Å²) in [4.78, 5) is 8.55. The molecule has 2 N–H and O–H groups in total. The molecule has 2 atom stereocenters. The number of rotatable bonds is 6. The molecular weight excluding hydrogens is 202 g/mol. The van der Waals surface area contributed by atoms with Gasteiger partial charge in [-0.1, -0.05) is 20.8 Å². The first-order valence-corrected chi connectivity index (χ1v) is 5.89. The second-order valence-corrected chi connectivity index (χ2v) is 3.99. The van der Waals surface area contributed by atoms with Crippen molar-refractivity contribution in [2.24, 2.45) is 5.73 Å². The summed E-state index contributed by atoms with van der Waals surface area (Å²) in [7, 11) is 0. The lowest BCUT2D eigenvalue weighted by Crippen LogP contribution is -2.26. The molecule has 4 heteroatoms. The zero-order chi connectivity index (χ0) is 12.0. The maximum Gasteiger partial charge on any atom is 0.232 e. The van der Waals surface area contributed by atoms with Crippen LogP contribution in [0.2, 0.25) is 0 Å². The third-order valence-electron chi connectivity index (χ3n) is 2.67. The van der Waals surface area contributed by atoms with Crippen molar-refractivity contribution in [1.29, 1.82) is 0 Å². The molecule has 0 amide bonds. The summed E-state index contributed by atoms with van der Waals surface area (Å²) in [6.45, 7) is 6.88. The molecule has 1 aromatic rings. The van der Waals surface area contributed by atoms with Gasteiger partial charge in [0.2, 0.25) is 5.88 Å². The van der Waals surface area contributed by atoms with Crippen molar-refractivity contribution >= 4 is 0 Å². The van der Waals surface area contributed by atoms with Crippen molar-refractivity contribution in [2.75, 3.05) is 6.61 Å². The van der Waals surface area contributed by atoms with Crippen LogP contribution in [-0.2, 0) is 0 Å². The first-order chi connectivity index (χ1) is 7.69. The molecule has 16 heavy (non-hydrogen) atoms. The largest absolute Gasteiger partial charge is 0.477 e. The van der Waals surface area contributed by atoms with Gasteiger partial charge in [-0.25, -0.2) is 4.98 Å². The van der Waals surface area contributed by atoms with Crippen LogP contribution >= 0.6 is 0 Å². The summed E-state index contributed by atoms with van der Waals surface area (Å²) in [5, 5.41) is 0. The lowest BCUT2D eigenvalue weighted by molar-refractivity contribution is 0.302. The summed E-state index contributed by atoms with van der Waals surface area (Å²) >= 11 is 0. The molecule has 1 heterocycles. The number of ether oxygens (including phenoxy) is 1. The molecule has 0 saturated heterocycles. The normalized spacial score (nSPS) is 14.5. The highest BCUT2D eigenvalue weighted by Crippen LogP contribution is 2.18. The van der Waals surface area contributed by atoms with Crippen LogP contribution in [0, 0.1) is 0 Å². The van der Waals surface area contributed by atoms with Crippen LogP contribution in [0.1, 0.15) is 45.2 Å².